The van der Waals surface area contributed by atoms with Crippen molar-refractivity contribution in [3.63, 3.8) is 0 Å². The van der Waals surface area contributed by atoms with Crippen molar-refractivity contribution < 1.29 is 14.7 Å². The van der Waals surface area contributed by atoms with Gasteiger partial charge in [-0.25, -0.2) is 9.78 Å². The van der Waals surface area contributed by atoms with E-state index >= 15 is 0 Å². The molecule has 0 aliphatic rings. The van der Waals surface area contributed by atoms with Crippen molar-refractivity contribution in [3.8, 4) is 0 Å². The van der Waals surface area contributed by atoms with Gasteiger partial charge in [0.1, 0.15) is 11.9 Å². The Morgan fingerprint density at radius 1 is 0.862 bits per heavy atom. The van der Waals surface area contributed by atoms with E-state index in [4.69, 9.17) is 5.73 Å². The molecule has 0 saturated heterocycles. The number of benzene rings is 2. The van der Waals surface area contributed by atoms with Crippen LogP contribution in [0, 0.1) is 0 Å². The van der Waals surface area contributed by atoms with E-state index in [1.165, 1.54) is 11.1 Å². The predicted octanol–water partition coefficient (Wildman–Crippen LogP) is 2.68. The number of aromatic nitrogens is 1. The third-order valence-electron chi connectivity index (χ3n) is 4.62. The van der Waals surface area contributed by atoms with Gasteiger partial charge in [-0.15, -0.1) is 0 Å². The van der Waals surface area contributed by atoms with Gasteiger partial charge in [0, 0.05) is 12.6 Å². The molecule has 2 aromatic carbocycles. The Balaban J connectivity index is 1.92. The molecule has 0 spiro atoms. The SMILES string of the molecule is N[C@@H](Cc1ccccc1)C(=O)N(c1ccccn1)[C@@H](Cc1ccccc1)C(=O)O. The first kappa shape index (κ1) is 20.2. The van der Waals surface area contributed by atoms with E-state index in [1.54, 1.807) is 18.2 Å². The fraction of sp³-hybridized carbons (Fsp3) is 0.174. The Kier molecular flexibility index (Phi) is 6.71. The molecule has 29 heavy (non-hydrogen) atoms. The number of nitrogens with zero attached hydrogens (tertiary/aromatic N) is 2. The van der Waals surface area contributed by atoms with Gasteiger partial charge in [0.25, 0.3) is 0 Å². The first-order valence-corrected chi connectivity index (χ1v) is 9.36. The van der Waals surface area contributed by atoms with E-state index in [0.717, 1.165) is 11.1 Å². The number of hydrogen-bond acceptors (Lipinski definition) is 4. The maximum atomic E-state index is 13.3. The Morgan fingerprint density at radius 3 is 1.93 bits per heavy atom. The summed E-state index contributed by atoms with van der Waals surface area (Å²) in [6.07, 6.45) is 1.98. The van der Waals surface area contributed by atoms with Crippen molar-refractivity contribution in [2.45, 2.75) is 24.9 Å². The normalized spacial score (nSPS) is 12.7. The van der Waals surface area contributed by atoms with Crippen LogP contribution < -0.4 is 10.6 Å². The molecule has 2 atom stereocenters. The van der Waals surface area contributed by atoms with Gasteiger partial charge in [-0.3, -0.25) is 9.69 Å². The second kappa shape index (κ2) is 9.61. The summed E-state index contributed by atoms with van der Waals surface area (Å²) in [7, 11) is 0. The molecule has 0 aliphatic heterocycles. The molecule has 0 fully saturated rings. The molecule has 1 aromatic heterocycles. The van der Waals surface area contributed by atoms with Crippen molar-refractivity contribution >= 4 is 17.7 Å². The highest BCUT2D eigenvalue weighted by Crippen LogP contribution is 2.19. The van der Waals surface area contributed by atoms with Gasteiger partial charge >= 0.3 is 5.97 Å². The molecule has 0 aliphatic carbocycles. The molecule has 3 N–H and O–H groups in total. The third kappa shape index (κ3) is 5.27. The van der Waals surface area contributed by atoms with Crippen molar-refractivity contribution in [1.29, 1.82) is 0 Å². The molecule has 1 amide bonds. The van der Waals surface area contributed by atoms with Gasteiger partial charge in [-0.1, -0.05) is 66.7 Å². The number of carbonyl (C=O) groups excluding carboxylic acids is 1. The summed E-state index contributed by atoms with van der Waals surface area (Å²) in [5.74, 6) is -1.32. The van der Waals surface area contributed by atoms with Crippen LogP contribution >= 0.6 is 0 Å². The summed E-state index contributed by atoms with van der Waals surface area (Å²) in [6, 6.07) is 21.6. The lowest BCUT2D eigenvalue weighted by molar-refractivity contribution is -0.140. The second-order valence-electron chi connectivity index (χ2n) is 6.74. The maximum absolute atomic E-state index is 13.3. The Morgan fingerprint density at radius 2 is 1.41 bits per heavy atom. The van der Waals surface area contributed by atoms with Crippen LogP contribution in [0.25, 0.3) is 0 Å². The zero-order valence-electron chi connectivity index (χ0n) is 15.9. The van der Waals surface area contributed by atoms with E-state index < -0.39 is 24.0 Å². The lowest BCUT2D eigenvalue weighted by Crippen LogP contribution is -2.53. The highest BCUT2D eigenvalue weighted by molar-refractivity contribution is 6.01. The summed E-state index contributed by atoms with van der Waals surface area (Å²) >= 11 is 0. The Labute approximate surface area is 169 Å². The second-order valence-corrected chi connectivity index (χ2v) is 6.74. The molecular weight excluding hydrogens is 366 g/mol. The number of pyridine rings is 1. The molecule has 0 unspecified atom stereocenters. The third-order valence-corrected chi connectivity index (χ3v) is 4.62. The zero-order valence-corrected chi connectivity index (χ0v) is 15.9. The average molecular weight is 389 g/mol. The first-order valence-electron chi connectivity index (χ1n) is 9.36. The van der Waals surface area contributed by atoms with E-state index in [9.17, 15) is 14.7 Å². The smallest absolute Gasteiger partial charge is 0.327 e. The van der Waals surface area contributed by atoms with E-state index in [0.29, 0.717) is 6.42 Å². The van der Waals surface area contributed by atoms with Crippen LogP contribution in [0.3, 0.4) is 0 Å². The minimum absolute atomic E-state index is 0.149. The van der Waals surface area contributed by atoms with Crippen LogP contribution in [0.1, 0.15) is 11.1 Å². The van der Waals surface area contributed by atoms with Gasteiger partial charge in [0.05, 0.1) is 6.04 Å². The number of carbonyl (C=O) groups is 2. The fourth-order valence-corrected chi connectivity index (χ4v) is 3.18. The molecule has 6 heteroatoms. The van der Waals surface area contributed by atoms with Crippen molar-refractivity contribution in [2.24, 2.45) is 5.73 Å². The molecule has 0 bridgehead atoms. The maximum Gasteiger partial charge on any atom is 0.327 e. The molecule has 6 nitrogen and oxygen atoms in total. The number of anilines is 1. The summed E-state index contributed by atoms with van der Waals surface area (Å²) in [4.78, 5) is 30.9. The van der Waals surface area contributed by atoms with Gasteiger partial charge < -0.3 is 10.8 Å². The topological polar surface area (TPSA) is 96.5 Å². The highest BCUT2D eigenvalue weighted by atomic mass is 16.4. The van der Waals surface area contributed by atoms with Crippen LogP contribution in [0.15, 0.2) is 85.1 Å². The summed E-state index contributed by atoms with van der Waals surface area (Å²) in [5.41, 5.74) is 7.92. The zero-order chi connectivity index (χ0) is 20.6. The van der Waals surface area contributed by atoms with Crippen LogP contribution in [-0.2, 0) is 22.4 Å². The van der Waals surface area contributed by atoms with E-state index in [1.807, 2.05) is 60.7 Å². The van der Waals surface area contributed by atoms with Crippen LogP contribution in [0.4, 0.5) is 5.82 Å². The number of hydrogen-bond donors (Lipinski definition) is 2. The fourth-order valence-electron chi connectivity index (χ4n) is 3.18. The minimum Gasteiger partial charge on any atom is -0.480 e. The molecule has 148 valence electrons. The van der Waals surface area contributed by atoms with Gasteiger partial charge in [-0.05, 0) is 29.7 Å². The molecular formula is C23H23N3O3. The van der Waals surface area contributed by atoms with Gasteiger partial charge in [0.15, 0.2) is 0 Å². The summed E-state index contributed by atoms with van der Waals surface area (Å²) in [6.45, 7) is 0. The highest BCUT2D eigenvalue weighted by Gasteiger charge is 2.34. The van der Waals surface area contributed by atoms with Gasteiger partial charge in [0.2, 0.25) is 5.91 Å². The predicted molar refractivity (Wildman–Crippen MR) is 111 cm³/mol. The van der Waals surface area contributed by atoms with Crippen LogP contribution in [-0.4, -0.2) is 34.1 Å². The average Bonchev–Trinajstić information content (AvgIpc) is 2.75. The number of aliphatic carboxylic acids is 1. The number of rotatable bonds is 8. The van der Waals surface area contributed by atoms with E-state index in [2.05, 4.69) is 4.98 Å². The van der Waals surface area contributed by atoms with Crippen LogP contribution in [0.5, 0.6) is 0 Å². The quantitative estimate of drug-likeness (QED) is 0.617. The van der Waals surface area contributed by atoms with Crippen LogP contribution in [0.2, 0.25) is 0 Å². The molecule has 0 saturated carbocycles. The van der Waals surface area contributed by atoms with E-state index in [-0.39, 0.29) is 12.2 Å². The Bertz CT molecular complexity index is 933. The molecule has 3 aromatic rings. The number of carboxylic acids is 1. The Hall–Kier alpha value is -3.51. The molecule has 3 rings (SSSR count). The minimum atomic E-state index is -1.12. The number of carboxylic acid groups (broad SMARTS) is 1. The lowest BCUT2D eigenvalue weighted by Gasteiger charge is -2.30. The lowest BCUT2D eigenvalue weighted by atomic mass is 10.0. The first-order chi connectivity index (χ1) is 14.1. The number of amides is 1. The van der Waals surface area contributed by atoms with Gasteiger partial charge in [-0.2, -0.15) is 0 Å². The van der Waals surface area contributed by atoms with Crippen molar-refractivity contribution in [2.75, 3.05) is 4.90 Å². The molecule has 0 radical (unpaired) electrons. The van der Waals surface area contributed by atoms with Crippen molar-refractivity contribution in [1.82, 2.24) is 4.98 Å². The summed E-state index contributed by atoms with van der Waals surface area (Å²) < 4.78 is 0. The summed E-state index contributed by atoms with van der Waals surface area (Å²) in [5, 5.41) is 9.92. The van der Waals surface area contributed by atoms with Crippen molar-refractivity contribution in [3.05, 3.63) is 96.2 Å². The standard InChI is InChI=1S/C23H23N3O3/c24-19(15-17-9-3-1-4-10-17)22(27)26(21-13-7-8-14-25-21)20(23(28)29)16-18-11-5-2-6-12-18/h1-14,19-20H,15-16,24H2,(H,28,29)/t19-,20-/m0/s1. The molecule has 1 heterocycles. The number of nitrogens with two attached hydrogens (primary N) is 1. The largest absolute Gasteiger partial charge is 0.480 e. The monoisotopic (exact) mass is 389 g/mol.